The Morgan fingerprint density at radius 3 is 2.67 bits per heavy atom. The van der Waals surface area contributed by atoms with Crippen LogP contribution < -0.4 is 10.1 Å². The highest BCUT2D eigenvalue weighted by Gasteiger charge is 2.09. The summed E-state index contributed by atoms with van der Waals surface area (Å²) in [6, 6.07) is 8.53. The molecule has 1 atom stereocenters. The molecular formula is C14H19BrN2O. The van der Waals surface area contributed by atoms with Crippen LogP contribution in [0.2, 0.25) is 0 Å². The maximum atomic E-state index is 8.88. The summed E-state index contributed by atoms with van der Waals surface area (Å²) in [6.07, 6.45) is 0.292. The van der Waals surface area contributed by atoms with Crippen molar-refractivity contribution in [3.8, 4) is 11.8 Å². The summed E-state index contributed by atoms with van der Waals surface area (Å²) >= 11 is 3.48. The molecule has 4 heteroatoms. The van der Waals surface area contributed by atoms with Gasteiger partial charge in [-0.05, 0) is 40.0 Å². The second kappa shape index (κ2) is 7.40. The van der Waals surface area contributed by atoms with Gasteiger partial charge in [-0.25, -0.2) is 0 Å². The second-order valence-electron chi connectivity index (χ2n) is 4.44. The summed E-state index contributed by atoms with van der Waals surface area (Å²) in [7, 11) is 0. The van der Waals surface area contributed by atoms with E-state index >= 15 is 0 Å². The van der Waals surface area contributed by atoms with Crippen LogP contribution in [0.3, 0.4) is 0 Å². The Morgan fingerprint density at radius 2 is 2.17 bits per heavy atom. The Morgan fingerprint density at radius 1 is 1.44 bits per heavy atom. The molecule has 0 radical (unpaired) electrons. The van der Waals surface area contributed by atoms with Crippen LogP contribution in [0.4, 0.5) is 0 Å². The van der Waals surface area contributed by atoms with E-state index in [1.807, 2.05) is 25.1 Å². The summed E-state index contributed by atoms with van der Waals surface area (Å²) in [5, 5.41) is 12.2. The smallest absolute Gasteiger partial charge is 0.184 e. The Labute approximate surface area is 117 Å². The zero-order valence-electron chi connectivity index (χ0n) is 11.0. The van der Waals surface area contributed by atoms with Crippen molar-refractivity contribution in [1.82, 2.24) is 5.32 Å². The standard InChI is InChI=1S/C14H19BrN2O/c1-4-12(8-16)18-14-6-5-11(7-13(14)15)9-17-10(2)3/h5-7,10,12,17H,4,9H2,1-3H3. The van der Waals surface area contributed by atoms with Gasteiger partial charge in [-0.2, -0.15) is 5.26 Å². The van der Waals surface area contributed by atoms with Gasteiger partial charge < -0.3 is 10.1 Å². The van der Waals surface area contributed by atoms with E-state index in [9.17, 15) is 0 Å². The van der Waals surface area contributed by atoms with Crippen LogP contribution in [0, 0.1) is 11.3 Å². The maximum absolute atomic E-state index is 8.88. The van der Waals surface area contributed by atoms with Crippen LogP contribution in [0.15, 0.2) is 22.7 Å². The molecule has 1 aromatic rings. The Balaban J connectivity index is 2.71. The molecule has 0 spiro atoms. The lowest BCUT2D eigenvalue weighted by atomic mass is 10.2. The summed E-state index contributed by atoms with van der Waals surface area (Å²) in [5.74, 6) is 0.719. The Hall–Kier alpha value is -1.05. The fraction of sp³-hybridized carbons (Fsp3) is 0.500. The van der Waals surface area contributed by atoms with Crippen LogP contribution in [-0.2, 0) is 6.54 Å². The number of nitrogens with zero attached hydrogens (tertiary/aromatic N) is 1. The molecule has 1 unspecified atom stereocenters. The molecule has 18 heavy (non-hydrogen) atoms. The molecule has 3 nitrogen and oxygen atoms in total. The van der Waals surface area contributed by atoms with Crippen LogP contribution in [0.5, 0.6) is 5.75 Å². The molecule has 0 saturated carbocycles. The molecule has 0 amide bonds. The van der Waals surface area contributed by atoms with Crippen molar-refractivity contribution in [2.45, 2.75) is 45.9 Å². The van der Waals surface area contributed by atoms with Crippen molar-refractivity contribution in [3.63, 3.8) is 0 Å². The van der Waals surface area contributed by atoms with E-state index in [4.69, 9.17) is 10.00 Å². The molecule has 1 N–H and O–H groups in total. The predicted molar refractivity (Wildman–Crippen MR) is 76.4 cm³/mol. The third-order valence-corrected chi connectivity index (χ3v) is 3.11. The number of nitrogens with one attached hydrogen (secondary N) is 1. The minimum Gasteiger partial charge on any atom is -0.474 e. The van der Waals surface area contributed by atoms with E-state index in [0.717, 1.165) is 16.8 Å². The average molecular weight is 311 g/mol. The molecule has 0 aliphatic carbocycles. The molecular weight excluding hydrogens is 292 g/mol. The van der Waals surface area contributed by atoms with Crippen molar-refractivity contribution < 1.29 is 4.74 Å². The summed E-state index contributed by atoms with van der Waals surface area (Å²) in [5.41, 5.74) is 1.19. The Bertz CT molecular complexity index is 426. The first kappa shape index (κ1) is 15.0. The van der Waals surface area contributed by atoms with Crippen molar-refractivity contribution in [3.05, 3.63) is 28.2 Å². The fourth-order valence-corrected chi connectivity index (χ4v) is 1.95. The van der Waals surface area contributed by atoms with Gasteiger partial charge in [0.15, 0.2) is 6.10 Å². The van der Waals surface area contributed by atoms with E-state index in [1.165, 1.54) is 5.56 Å². The third-order valence-electron chi connectivity index (χ3n) is 2.49. The van der Waals surface area contributed by atoms with Crippen molar-refractivity contribution in [1.29, 1.82) is 5.26 Å². The second-order valence-corrected chi connectivity index (χ2v) is 5.30. The van der Waals surface area contributed by atoms with Gasteiger partial charge in [-0.1, -0.05) is 26.8 Å². The number of hydrogen-bond donors (Lipinski definition) is 1. The quantitative estimate of drug-likeness (QED) is 0.872. The van der Waals surface area contributed by atoms with Crippen molar-refractivity contribution in [2.75, 3.05) is 0 Å². The molecule has 0 saturated heterocycles. The molecule has 0 fully saturated rings. The topological polar surface area (TPSA) is 45.0 Å². The first-order valence-electron chi connectivity index (χ1n) is 6.14. The van der Waals surface area contributed by atoms with Gasteiger partial charge in [-0.3, -0.25) is 0 Å². The third kappa shape index (κ3) is 4.67. The van der Waals surface area contributed by atoms with Crippen LogP contribution in [-0.4, -0.2) is 12.1 Å². The number of rotatable bonds is 6. The summed E-state index contributed by atoms with van der Waals surface area (Å²) < 4.78 is 6.48. The maximum Gasteiger partial charge on any atom is 0.184 e. The largest absolute Gasteiger partial charge is 0.474 e. The number of benzene rings is 1. The van der Waals surface area contributed by atoms with E-state index in [0.29, 0.717) is 12.5 Å². The molecule has 0 aromatic heterocycles. The number of halogens is 1. The number of hydrogen-bond acceptors (Lipinski definition) is 3. The molecule has 0 bridgehead atoms. The lowest BCUT2D eigenvalue weighted by molar-refractivity contribution is 0.250. The monoisotopic (exact) mass is 310 g/mol. The molecule has 0 aliphatic rings. The first-order chi connectivity index (χ1) is 8.56. The number of ether oxygens (including phenoxy) is 1. The van der Waals surface area contributed by atoms with Crippen LogP contribution >= 0.6 is 15.9 Å². The first-order valence-corrected chi connectivity index (χ1v) is 6.94. The zero-order valence-corrected chi connectivity index (χ0v) is 12.6. The highest BCUT2D eigenvalue weighted by Crippen LogP contribution is 2.27. The molecule has 1 rings (SSSR count). The molecule has 98 valence electrons. The lowest BCUT2D eigenvalue weighted by Crippen LogP contribution is -2.21. The highest BCUT2D eigenvalue weighted by molar-refractivity contribution is 9.10. The highest BCUT2D eigenvalue weighted by atomic mass is 79.9. The normalized spacial score (nSPS) is 12.2. The van der Waals surface area contributed by atoms with Gasteiger partial charge in [0.2, 0.25) is 0 Å². The van der Waals surface area contributed by atoms with Gasteiger partial charge in [-0.15, -0.1) is 0 Å². The lowest BCUT2D eigenvalue weighted by Gasteiger charge is -2.13. The minimum absolute atomic E-state index is 0.388. The SMILES string of the molecule is CCC(C#N)Oc1ccc(CNC(C)C)cc1Br. The van der Waals surface area contributed by atoms with Crippen LogP contribution in [0.25, 0.3) is 0 Å². The van der Waals surface area contributed by atoms with E-state index in [2.05, 4.69) is 41.2 Å². The van der Waals surface area contributed by atoms with E-state index in [1.54, 1.807) is 0 Å². The molecule has 0 aliphatic heterocycles. The minimum atomic E-state index is -0.388. The fourth-order valence-electron chi connectivity index (χ4n) is 1.43. The van der Waals surface area contributed by atoms with Crippen molar-refractivity contribution in [2.24, 2.45) is 0 Å². The predicted octanol–water partition coefficient (Wildman–Crippen LogP) is 3.63. The Kier molecular flexibility index (Phi) is 6.17. The van der Waals surface area contributed by atoms with Crippen LogP contribution in [0.1, 0.15) is 32.8 Å². The van der Waals surface area contributed by atoms with Gasteiger partial charge in [0.1, 0.15) is 11.8 Å². The van der Waals surface area contributed by atoms with Gasteiger partial charge in [0, 0.05) is 12.6 Å². The summed E-state index contributed by atoms with van der Waals surface area (Å²) in [6.45, 7) is 6.99. The van der Waals surface area contributed by atoms with Gasteiger partial charge in [0.25, 0.3) is 0 Å². The van der Waals surface area contributed by atoms with Gasteiger partial charge >= 0.3 is 0 Å². The number of nitriles is 1. The van der Waals surface area contributed by atoms with E-state index < -0.39 is 0 Å². The summed E-state index contributed by atoms with van der Waals surface area (Å²) in [4.78, 5) is 0. The molecule has 1 aromatic carbocycles. The zero-order chi connectivity index (χ0) is 13.5. The average Bonchev–Trinajstić information content (AvgIpc) is 2.35. The van der Waals surface area contributed by atoms with Gasteiger partial charge in [0.05, 0.1) is 4.47 Å². The van der Waals surface area contributed by atoms with E-state index in [-0.39, 0.29) is 6.10 Å². The van der Waals surface area contributed by atoms with Crippen molar-refractivity contribution >= 4 is 15.9 Å². The molecule has 0 heterocycles.